The first-order chi connectivity index (χ1) is 13.5. The van der Waals surface area contributed by atoms with Gasteiger partial charge in [0.15, 0.2) is 4.77 Å². The van der Waals surface area contributed by atoms with Crippen LogP contribution in [0.25, 0.3) is 10.9 Å². The van der Waals surface area contributed by atoms with E-state index in [1.807, 2.05) is 12.1 Å². The molecule has 0 bridgehead atoms. The minimum Gasteiger partial charge on any atom is -0.370 e. The van der Waals surface area contributed by atoms with Crippen molar-refractivity contribution in [3.05, 3.63) is 37.8 Å². The molecule has 0 atom stereocenters. The number of halogens is 1. The fourth-order valence-corrected chi connectivity index (χ4v) is 4.03. The lowest BCUT2D eigenvalue weighted by Crippen LogP contribution is -3.14. The summed E-state index contributed by atoms with van der Waals surface area (Å²) < 4.78 is 8.09. The molecule has 1 aromatic heterocycles. The van der Waals surface area contributed by atoms with E-state index in [1.54, 1.807) is 6.07 Å². The number of quaternary nitrogens is 1. The number of H-pyrrole nitrogens is 1. The van der Waals surface area contributed by atoms with Crippen LogP contribution < -0.4 is 15.8 Å². The number of fused-ring (bicyclic) bond motifs is 1. The highest BCUT2D eigenvalue weighted by Crippen LogP contribution is 2.15. The van der Waals surface area contributed by atoms with Gasteiger partial charge in [0, 0.05) is 30.4 Å². The van der Waals surface area contributed by atoms with Crippen molar-refractivity contribution in [3.63, 3.8) is 0 Å². The van der Waals surface area contributed by atoms with E-state index in [0.29, 0.717) is 36.1 Å². The van der Waals surface area contributed by atoms with Crippen LogP contribution in [-0.2, 0) is 16.1 Å². The molecule has 9 heteroatoms. The summed E-state index contributed by atoms with van der Waals surface area (Å²) in [5.41, 5.74) is 0.587. The average Bonchev–Trinajstić information content (AvgIpc) is 2.69. The lowest BCUT2D eigenvalue weighted by molar-refractivity contribution is -0.908. The molecule has 0 saturated carbocycles. The molecule has 28 heavy (non-hydrogen) atoms. The fraction of sp³-hybridized carbons (Fsp3) is 0.526. The van der Waals surface area contributed by atoms with Gasteiger partial charge in [0.1, 0.15) is 13.1 Å². The average molecular weight is 470 g/mol. The van der Waals surface area contributed by atoms with Crippen molar-refractivity contribution in [2.24, 2.45) is 0 Å². The molecule has 7 nitrogen and oxygen atoms in total. The lowest BCUT2D eigenvalue weighted by Gasteiger charge is -2.23. The highest BCUT2D eigenvalue weighted by atomic mass is 79.9. The Bertz CT molecular complexity index is 937. The number of carbonyl (C=O) groups excluding carboxylic acids is 1. The van der Waals surface area contributed by atoms with Gasteiger partial charge in [0.2, 0.25) is 5.91 Å². The number of nitrogens with zero attached hydrogens (tertiary/aromatic N) is 1. The molecule has 1 aromatic carbocycles. The van der Waals surface area contributed by atoms with Crippen LogP contribution in [-0.4, -0.2) is 54.9 Å². The third kappa shape index (κ3) is 5.73. The summed E-state index contributed by atoms with van der Waals surface area (Å²) in [4.78, 5) is 29.3. The molecule has 3 N–H and O–H groups in total. The van der Waals surface area contributed by atoms with Gasteiger partial charge < -0.3 is 19.9 Å². The molecule has 2 aromatic rings. The van der Waals surface area contributed by atoms with E-state index in [0.717, 1.165) is 49.3 Å². The molecule has 1 saturated heterocycles. The van der Waals surface area contributed by atoms with Crippen LogP contribution in [0.4, 0.5) is 0 Å². The van der Waals surface area contributed by atoms with E-state index in [4.69, 9.17) is 17.0 Å². The van der Waals surface area contributed by atoms with Gasteiger partial charge in [-0.2, -0.15) is 0 Å². The Hall–Kier alpha value is -1.55. The maximum atomic E-state index is 12.7. The topological polar surface area (TPSA) is 80.6 Å². The van der Waals surface area contributed by atoms with Crippen molar-refractivity contribution in [2.45, 2.75) is 25.8 Å². The summed E-state index contributed by atoms with van der Waals surface area (Å²) >= 11 is 8.70. The minimum atomic E-state index is -0.131. The molecule has 0 aliphatic carbocycles. The smallest absolute Gasteiger partial charge is 0.262 e. The number of aromatic nitrogens is 2. The largest absolute Gasteiger partial charge is 0.370 e. The Balaban J connectivity index is 1.45. The van der Waals surface area contributed by atoms with Crippen molar-refractivity contribution in [1.29, 1.82) is 0 Å². The first-order valence-electron chi connectivity index (χ1n) is 9.65. The second-order valence-corrected chi connectivity index (χ2v) is 8.30. The summed E-state index contributed by atoms with van der Waals surface area (Å²) in [5.74, 6) is 0.0171. The summed E-state index contributed by atoms with van der Waals surface area (Å²) in [7, 11) is 0. The Morgan fingerprint density at radius 3 is 2.89 bits per heavy atom. The molecule has 0 unspecified atom stereocenters. The van der Waals surface area contributed by atoms with E-state index in [2.05, 4.69) is 26.2 Å². The van der Waals surface area contributed by atoms with Gasteiger partial charge in [-0.15, -0.1) is 0 Å². The predicted molar refractivity (Wildman–Crippen MR) is 114 cm³/mol. The minimum absolute atomic E-state index is 0.0171. The van der Waals surface area contributed by atoms with Crippen molar-refractivity contribution in [1.82, 2.24) is 14.9 Å². The first kappa shape index (κ1) is 21.2. The van der Waals surface area contributed by atoms with E-state index < -0.39 is 0 Å². The predicted octanol–water partition coefficient (Wildman–Crippen LogP) is 1.02. The number of rotatable bonds is 8. The lowest BCUT2D eigenvalue weighted by atomic mass is 10.2. The number of hydrogen-bond acceptors (Lipinski definition) is 4. The molecule has 1 aliphatic rings. The van der Waals surface area contributed by atoms with Crippen molar-refractivity contribution < 1.29 is 14.4 Å². The quantitative estimate of drug-likeness (QED) is 0.398. The second kappa shape index (κ2) is 10.3. The highest BCUT2D eigenvalue weighted by Gasteiger charge is 2.13. The third-order valence-corrected chi connectivity index (χ3v) is 5.77. The Morgan fingerprint density at radius 1 is 1.32 bits per heavy atom. The molecule has 1 aliphatic heterocycles. The standard InChI is InChI=1S/C19H25BrN4O3S/c20-14-4-5-16-15(13-14)18(26)24(19(28)22-16)8-1-3-17(25)21-6-2-7-23-9-11-27-12-10-23/h4-5,13H,1-3,6-12H2,(H,21,25)(H,22,28)/p+1. The molecule has 0 radical (unpaired) electrons. The Morgan fingerprint density at radius 2 is 2.11 bits per heavy atom. The SMILES string of the molecule is O=C(CCCn1c(=S)[nH]c2ccc(Br)cc2c1=O)NCCC[NH+]1CCOCC1. The maximum absolute atomic E-state index is 12.7. The summed E-state index contributed by atoms with van der Waals surface area (Å²) in [5, 5.41) is 3.55. The molecular weight excluding hydrogens is 444 g/mol. The van der Waals surface area contributed by atoms with Gasteiger partial charge in [-0.25, -0.2) is 0 Å². The number of morpholine rings is 1. The number of benzene rings is 1. The van der Waals surface area contributed by atoms with Crippen molar-refractivity contribution >= 4 is 45.0 Å². The van der Waals surface area contributed by atoms with Crippen LogP contribution in [0, 0.1) is 4.77 Å². The van der Waals surface area contributed by atoms with Crippen LogP contribution >= 0.6 is 28.1 Å². The summed E-state index contributed by atoms with van der Waals surface area (Å²) in [6.07, 6.45) is 1.91. The first-order valence-corrected chi connectivity index (χ1v) is 10.8. The normalized spacial score (nSPS) is 15.0. The van der Waals surface area contributed by atoms with Crippen LogP contribution in [0.5, 0.6) is 0 Å². The van der Waals surface area contributed by atoms with E-state index in [9.17, 15) is 9.59 Å². The number of ether oxygens (including phenoxy) is 1. The summed E-state index contributed by atoms with van der Waals surface area (Å²) in [6.45, 7) is 5.91. The summed E-state index contributed by atoms with van der Waals surface area (Å²) in [6, 6.07) is 5.47. The fourth-order valence-electron chi connectivity index (χ4n) is 3.39. The van der Waals surface area contributed by atoms with Crippen molar-refractivity contribution in [2.75, 3.05) is 39.4 Å². The van der Waals surface area contributed by atoms with Crippen LogP contribution in [0.2, 0.25) is 0 Å². The van der Waals surface area contributed by atoms with E-state index in [-0.39, 0.29) is 11.5 Å². The van der Waals surface area contributed by atoms with Gasteiger partial charge in [0.25, 0.3) is 5.56 Å². The monoisotopic (exact) mass is 469 g/mol. The molecule has 1 fully saturated rings. The van der Waals surface area contributed by atoms with Gasteiger partial charge in [0.05, 0.1) is 30.7 Å². The molecular formula is C19H26BrN4O3S+. The molecule has 3 rings (SSSR count). The zero-order valence-corrected chi connectivity index (χ0v) is 18.2. The van der Waals surface area contributed by atoms with Gasteiger partial charge in [-0.3, -0.25) is 14.2 Å². The van der Waals surface area contributed by atoms with Crippen LogP contribution in [0.15, 0.2) is 27.5 Å². The second-order valence-electron chi connectivity index (χ2n) is 7.00. The maximum Gasteiger partial charge on any atom is 0.262 e. The van der Waals surface area contributed by atoms with Gasteiger partial charge >= 0.3 is 0 Å². The molecule has 152 valence electrons. The van der Waals surface area contributed by atoms with Gasteiger partial charge in [-0.05, 0) is 36.8 Å². The number of nitrogens with one attached hydrogen (secondary N) is 3. The number of hydrogen-bond donors (Lipinski definition) is 3. The number of carbonyl (C=O) groups is 1. The van der Waals surface area contributed by atoms with Crippen molar-refractivity contribution in [3.8, 4) is 0 Å². The Labute approximate surface area is 177 Å². The van der Waals surface area contributed by atoms with Crippen LogP contribution in [0.1, 0.15) is 19.3 Å². The highest BCUT2D eigenvalue weighted by molar-refractivity contribution is 9.10. The number of aromatic amines is 1. The zero-order valence-electron chi connectivity index (χ0n) is 15.8. The third-order valence-electron chi connectivity index (χ3n) is 4.96. The van der Waals surface area contributed by atoms with Crippen LogP contribution in [0.3, 0.4) is 0 Å². The number of amides is 1. The van der Waals surface area contributed by atoms with E-state index in [1.165, 1.54) is 9.47 Å². The molecule has 0 spiro atoms. The Kier molecular flexibility index (Phi) is 7.78. The molecule has 1 amide bonds. The zero-order chi connectivity index (χ0) is 19.9. The van der Waals surface area contributed by atoms with Gasteiger partial charge in [-0.1, -0.05) is 15.9 Å². The van der Waals surface area contributed by atoms with E-state index >= 15 is 0 Å². The molecule has 2 heterocycles.